The second-order valence-corrected chi connectivity index (χ2v) is 5.08. The van der Waals surface area contributed by atoms with E-state index in [1.54, 1.807) is 0 Å². The number of nitrogens with zero attached hydrogens (tertiary/aromatic N) is 1. The summed E-state index contributed by atoms with van der Waals surface area (Å²) in [5.41, 5.74) is 5.25. The highest BCUT2D eigenvalue weighted by molar-refractivity contribution is 5.84. The maximum atomic E-state index is 3.36. The molecular formula is C17H19BrN2. The van der Waals surface area contributed by atoms with E-state index in [2.05, 4.69) is 72.3 Å². The Kier molecular flexibility index (Phi) is 4.61. The number of hydrogen-bond donors (Lipinski definition) is 1. The number of aromatic amines is 1. The van der Waals surface area contributed by atoms with Crippen molar-refractivity contribution in [1.82, 2.24) is 4.98 Å². The predicted octanol–water partition coefficient (Wildman–Crippen LogP) is 0.379. The predicted molar refractivity (Wildman–Crippen MR) is 78.2 cm³/mol. The Bertz CT molecular complexity index is 716. The molecule has 2 nitrogen and oxygen atoms in total. The molecule has 3 rings (SSSR count). The van der Waals surface area contributed by atoms with Crippen molar-refractivity contribution in [2.75, 3.05) is 0 Å². The second-order valence-electron chi connectivity index (χ2n) is 5.08. The molecule has 1 N–H and O–H groups in total. The molecule has 104 valence electrons. The molecule has 2 aromatic heterocycles. The highest BCUT2D eigenvalue weighted by Gasteiger charge is 2.07. The molecule has 0 aliphatic rings. The first-order valence-electron chi connectivity index (χ1n) is 6.81. The molecule has 0 aliphatic carbocycles. The minimum atomic E-state index is 0. The van der Waals surface area contributed by atoms with E-state index in [0.717, 1.165) is 13.0 Å². The monoisotopic (exact) mass is 330 g/mol. The first-order valence-corrected chi connectivity index (χ1v) is 6.81. The molecule has 0 spiro atoms. The van der Waals surface area contributed by atoms with Crippen LogP contribution >= 0.6 is 0 Å². The molecule has 2 heterocycles. The summed E-state index contributed by atoms with van der Waals surface area (Å²) in [7, 11) is 0. The lowest BCUT2D eigenvalue weighted by Crippen LogP contribution is -3.00. The quantitative estimate of drug-likeness (QED) is 0.670. The zero-order chi connectivity index (χ0) is 13.2. The smallest absolute Gasteiger partial charge is 0.172 e. The molecule has 0 unspecified atom stereocenters. The zero-order valence-electron chi connectivity index (χ0n) is 11.9. The van der Waals surface area contributed by atoms with Gasteiger partial charge in [0.05, 0.1) is 0 Å². The first-order chi connectivity index (χ1) is 9.26. The lowest BCUT2D eigenvalue weighted by atomic mass is 10.0. The minimum Gasteiger partial charge on any atom is -1.00 e. The van der Waals surface area contributed by atoms with Crippen LogP contribution < -0.4 is 21.5 Å². The van der Waals surface area contributed by atoms with Gasteiger partial charge >= 0.3 is 0 Å². The van der Waals surface area contributed by atoms with Gasteiger partial charge in [-0.3, -0.25) is 0 Å². The molecular weight excluding hydrogens is 312 g/mol. The summed E-state index contributed by atoms with van der Waals surface area (Å²) in [5, 5.41) is 1.34. The molecule has 0 amide bonds. The summed E-state index contributed by atoms with van der Waals surface area (Å²) in [6.07, 6.45) is 7.45. The van der Waals surface area contributed by atoms with Crippen LogP contribution in [0.3, 0.4) is 0 Å². The standard InChI is InChI=1S/C17H19N2.BrH/c1-3-19-8-4-5-14(12-19)10-15-11-18-17-7-6-13(2)9-16(15)17;/h4-9,11-12,18H,3,10H2,1-2H3;1H/q+1;/p-1. The Morgan fingerprint density at radius 2 is 2.05 bits per heavy atom. The van der Waals surface area contributed by atoms with Crippen LogP contribution in [0.15, 0.2) is 48.9 Å². The molecule has 0 saturated carbocycles. The van der Waals surface area contributed by atoms with Gasteiger partial charge in [0.15, 0.2) is 12.4 Å². The van der Waals surface area contributed by atoms with E-state index >= 15 is 0 Å². The molecule has 0 radical (unpaired) electrons. The number of rotatable bonds is 3. The van der Waals surface area contributed by atoms with Gasteiger partial charge in [-0.15, -0.1) is 0 Å². The van der Waals surface area contributed by atoms with Crippen LogP contribution in [0.2, 0.25) is 0 Å². The average molecular weight is 331 g/mol. The maximum Gasteiger partial charge on any atom is 0.172 e. The highest BCUT2D eigenvalue weighted by atomic mass is 79.9. The van der Waals surface area contributed by atoms with Crippen LogP contribution in [0, 0.1) is 6.92 Å². The molecule has 3 aromatic rings. The number of aryl methyl sites for hydroxylation is 2. The fourth-order valence-corrected chi connectivity index (χ4v) is 2.54. The molecule has 0 bridgehead atoms. The Balaban J connectivity index is 0.00000147. The molecule has 0 atom stereocenters. The Morgan fingerprint density at radius 1 is 1.20 bits per heavy atom. The molecule has 1 aromatic carbocycles. The summed E-state index contributed by atoms with van der Waals surface area (Å²) in [5.74, 6) is 0. The Hall–Kier alpha value is -1.61. The second kappa shape index (κ2) is 6.23. The number of H-pyrrole nitrogens is 1. The SMILES string of the molecule is CC[n+]1cccc(Cc2c[nH]c3ccc(C)cc23)c1.[Br-]. The van der Waals surface area contributed by atoms with Crippen molar-refractivity contribution < 1.29 is 21.5 Å². The van der Waals surface area contributed by atoms with Crippen LogP contribution in [-0.2, 0) is 13.0 Å². The minimum absolute atomic E-state index is 0. The van der Waals surface area contributed by atoms with E-state index < -0.39 is 0 Å². The van der Waals surface area contributed by atoms with Crippen molar-refractivity contribution in [3.05, 3.63) is 65.6 Å². The van der Waals surface area contributed by atoms with Gasteiger partial charge in [0.2, 0.25) is 0 Å². The highest BCUT2D eigenvalue weighted by Crippen LogP contribution is 2.21. The fraction of sp³-hybridized carbons (Fsp3) is 0.235. The number of halogens is 1. The summed E-state index contributed by atoms with van der Waals surface area (Å²) in [6, 6.07) is 10.9. The number of fused-ring (bicyclic) bond motifs is 1. The number of benzene rings is 1. The first kappa shape index (κ1) is 14.8. The molecule has 0 aliphatic heterocycles. The summed E-state index contributed by atoms with van der Waals surface area (Å²) in [4.78, 5) is 3.36. The van der Waals surface area contributed by atoms with Gasteiger partial charge in [0.25, 0.3) is 0 Å². The van der Waals surface area contributed by atoms with Crippen LogP contribution in [0.1, 0.15) is 23.6 Å². The number of pyridine rings is 1. The third-order valence-corrected chi connectivity index (χ3v) is 3.60. The molecule has 20 heavy (non-hydrogen) atoms. The van der Waals surface area contributed by atoms with Gasteiger partial charge in [0, 0.05) is 35.2 Å². The van der Waals surface area contributed by atoms with Crippen molar-refractivity contribution in [3.8, 4) is 0 Å². The van der Waals surface area contributed by atoms with E-state index in [1.807, 2.05) is 0 Å². The normalized spacial score (nSPS) is 10.5. The van der Waals surface area contributed by atoms with E-state index in [9.17, 15) is 0 Å². The Morgan fingerprint density at radius 3 is 2.85 bits per heavy atom. The van der Waals surface area contributed by atoms with E-state index in [4.69, 9.17) is 0 Å². The van der Waals surface area contributed by atoms with Gasteiger partial charge in [-0.1, -0.05) is 11.6 Å². The number of aromatic nitrogens is 2. The van der Waals surface area contributed by atoms with Crippen molar-refractivity contribution in [2.45, 2.75) is 26.8 Å². The number of hydrogen-bond acceptors (Lipinski definition) is 0. The largest absolute Gasteiger partial charge is 1.00 e. The molecule has 3 heteroatoms. The van der Waals surface area contributed by atoms with Gasteiger partial charge in [-0.2, -0.15) is 0 Å². The summed E-state index contributed by atoms with van der Waals surface area (Å²) < 4.78 is 2.22. The third-order valence-electron chi connectivity index (χ3n) is 3.60. The third kappa shape index (κ3) is 2.93. The summed E-state index contributed by atoms with van der Waals surface area (Å²) >= 11 is 0. The van der Waals surface area contributed by atoms with Gasteiger partial charge in [0.1, 0.15) is 6.54 Å². The lowest BCUT2D eigenvalue weighted by molar-refractivity contribution is -0.693. The van der Waals surface area contributed by atoms with Gasteiger partial charge in [-0.05, 0) is 37.6 Å². The summed E-state index contributed by atoms with van der Waals surface area (Å²) in [6.45, 7) is 5.32. The van der Waals surface area contributed by atoms with Crippen molar-refractivity contribution in [2.24, 2.45) is 0 Å². The van der Waals surface area contributed by atoms with Crippen LogP contribution in [0.4, 0.5) is 0 Å². The molecule has 0 saturated heterocycles. The van der Waals surface area contributed by atoms with E-state index in [0.29, 0.717) is 0 Å². The molecule has 0 fully saturated rings. The number of nitrogens with one attached hydrogen (secondary N) is 1. The van der Waals surface area contributed by atoms with Crippen LogP contribution in [-0.4, -0.2) is 4.98 Å². The van der Waals surface area contributed by atoms with E-state index in [-0.39, 0.29) is 17.0 Å². The van der Waals surface area contributed by atoms with Crippen LogP contribution in [0.25, 0.3) is 10.9 Å². The van der Waals surface area contributed by atoms with Crippen molar-refractivity contribution >= 4 is 10.9 Å². The topological polar surface area (TPSA) is 19.7 Å². The van der Waals surface area contributed by atoms with Gasteiger partial charge < -0.3 is 22.0 Å². The van der Waals surface area contributed by atoms with Crippen LogP contribution in [0.5, 0.6) is 0 Å². The Labute approximate surface area is 130 Å². The lowest BCUT2D eigenvalue weighted by Gasteiger charge is -2.00. The average Bonchev–Trinajstić information content (AvgIpc) is 2.81. The van der Waals surface area contributed by atoms with Crippen molar-refractivity contribution in [1.29, 1.82) is 0 Å². The van der Waals surface area contributed by atoms with E-state index in [1.165, 1.54) is 27.6 Å². The van der Waals surface area contributed by atoms with Gasteiger partial charge in [-0.25, -0.2) is 4.57 Å². The van der Waals surface area contributed by atoms with Crippen molar-refractivity contribution in [3.63, 3.8) is 0 Å². The fourth-order valence-electron chi connectivity index (χ4n) is 2.54. The maximum absolute atomic E-state index is 3.36. The zero-order valence-corrected chi connectivity index (χ0v) is 13.4.